The van der Waals surface area contributed by atoms with Crippen LogP contribution in [0.4, 0.5) is 5.69 Å². The van der Waals surface area contributed by atoms with E-state index in [0.717, 1.165) is 25.3 Å². The molecular weight excluding hydrogens is 245 g/mol. The monoisotopic (exact) mass is 259 g/mol. The topological polar surface area (TPSA) is 21.3 Å². The van der Waals surface area contributed by atoms with Crippen LogP contribution in [0, 0.1) is 0 Å². The van der Waals surface area contributed by atoms with E-state index in [4.69, 9.17) is 27.9 Å². The molecule has 1 aliphatic heterocycles. The van der Waals surface area contributed by atoms with Crippen molar-refractivity contribution < 1.29 is 4.74 Å². The highest BCUT2D eigenvalue weighted by Crippen LogP contribution is 2.25. The van der Waals surface area contributed by atoms with Crippen molar-refractivity contribution in [1.29, 1.82) is 0 Å². The molecule has 2 rings (SSSR count). The van der Waals surface area contributed by atoms with E-state index in [1.807, 2.05) is 6.07 Å². The Morgan fingerprint density at radius 3 is 3.00 bits per heavy atom. The third-order valence-corrected chi connectivity index (χ3v) is 3.30. The lowest BCUT2D eigenvalue weighted by atomic mass is 10.2. The largest absolute Gasteiger partial charge is 0.384 e. The summed E-state index contributed by atoms with van der Waals surface area (Å²) in [6.07, 6.45) is 3.78. The molecule has 0 aromatic heterocycles. The summed E-state index contributed by atoms with van der Waals surface area (Å²) in [4.78, 5) is 0. The van der Waals surface area contributed by atoms with Crippen LogP contribution in [0.1, 0.15) is 19.3 Å². The van der Waals surface area contributed by atoms with Crippen molar-refractivity contribution in [3.8, 4) is 0 Å². The Bertz CT molecular complexity index is 351. The molecule has 1 N–H and O–H groups in total. The van der Waals surface area contributed by atoms with Gasteiger partial charge in [-0.05, 0) is 37.5 Å². The van der Waals surface area contributed by atoms with E-state index in [1.54, 1.807) is 12.1 Å². The van der Waals surface area contributed by atoms with Crippen molar-refractivity contribution in [1.82, 2.24) is 0 Å². The van der Waals surface area contributed by atoms with Gasteiger partial charge in [0.05, 0.1) is 16.8 Å². The van der Waals surface area contributed by atoms with Gasteiger partial charge in [-0.2, -0.15) is 0 Å². The first-order valence-corrected chi connectivity index (χ1v) is 6.32. The zero-order valence-electron chi connectivity index (χ0n) is 9.01. The van der Waals surface area contributed by atoms with Crippen molar-refractivity contribution in [3.05, 3.63) is 28.2 Å². The molecule has 0 radical (unpaired) electrons. The van der Waals surface area contributed by atoms with Gasteiger partial charge in [0.2, 0.25) is 0 Å². The molecule has 0 aliphatic carbocycles. The first-order chi connectivity index (χ1) is 7.75. The Balaban J connectivity index is 1.82. The standard InChI is InChI=1S/C12H15Cl2NO/c13-9-3-4-11(14)12(8-9)15-6-5-10-2-1-7-16-10/h3-4,8,10,15H,1-2,5-7H2. The molecule has 88 valence electrons. The highest BCUT2D eigenvalue weighted by molar-refractivity contribution is 6.35. The Morgan fingerprint density at radius 2 is 2.25 bits per heavy atom. The van der Waals surface area contributed by atoms with E-state index in [0.29, 0.717) is 16.1 Å². The van der Waals surface area contributed by atoms with E-state index >= 15 is 0 Å². The van der Waals surface area contributed by atoms with Crippen LogP contribution in [-0.2, 0) is 4.74 Å². The van der Waals surface area contributed by atoms with Crippen LogP contribution in [0.5, 0.6) is 0 Å². The van der Waals surface area contributed by atoms with Gasteiger partial charge in [-0.1, -0.05) is 23.2 Å². The zero-order valence-corrected chi connectivity index (χ0v) is 10.5. The zero-order chi connectivity index (χ0) is 11.4. The Kier molecular flexibility index (Phi) is 4.33. The van der Waals surface area contributed by atoms with E-state index < -0.39 is 0 Å². The molecule has 1 aromatic carbocycles. The van der Waals surface area contributed by atoms with Gasteiger partial charge in [-0.15, -0.1) is 0 Å². The maximum Gasteiger partial charge on any atom is 0.0638 e. The maximum atomic E-state index is 6.04. The molecule has 1 fully saturated rings. The van der Waals surface area contributed by atoms with Crippen molar-refractivity contribution >= 4 is 28.9 Å². The van der Waals surface area contributed by atoms with Crippen LogP contribution in [0.3, 0.4) is 0 Å². The fourth-order valence-electron chi connectivity index (χ4n) is 1.87. The number of nitrogens with one attached hydrogen (secondary N) is 1. The Morgan fingerprint density at radius 1 is 1.38 bits per heavy atom. The molecule has 1 saturated heterocycles. The third-order valence-electron chi connectivity index (χ3n) is 2.73. The summed E-state index contributed by atoms with van der Waals surface area (Å²) in [6.45, 7) is 1.77. The summed E-state index contributed by atoms with van der Waals surface area (Å²) in [6, 6.07) is 5.44. The maximum absolute atomic E-state index is 6.04. The number of hydrogen-bond donors (Lipinski definition) is 1. The minimum Gasteiger partial charge on any atom is -0.384 e. The number of rotatable bonds is 4. The predicted octanol–water partition coefficient (Wildman–Crippen LogP) is 3.97. The summed E-state index contributed by atoms with van der Waals surface area (Å²) in [7, 11) is 0. The SMILES string of the molecule is Clc1ccc(Cl)c(NCCC2CCCO2)c1. The molecule has 2 nitrogen and oxygen atoms in total. The predicted molar refractivity (Wildman–Crippen MR) is 68.5 cm³/mol. The molecule has 1 unspecified atom stereocenters. The van der Waals surface area contributed by atoms with Crippen molar-refractivity contribution in [2.24, 2.45) is 0 Å². The normalized spacial score (nSPS) is 20.0. The van der Waals surface area contributed by atoms with Gasteiger partial charge < -0.3 is 10.1 Å². The second kappa shape index (κ2) is 5.76. The molecule has 1 atom stereocenters. The molecular formula is C12H15Cl2NO. The minimum atomic E-state index is 0.408. The van der Waals surface area contributed by atoms with E-state index in [9.17, 15) is 0 Å². The van der Waals surface area contributed by atoms with Crippen LogP contribution in [0.25, 0.3) is 0 Å². The summed E-state index contributed by atoms with van der Waals surface area (Å²) < 4.78 is 5.55. The number of halogens is 2. The summed E-state index contributed by atoms with van der Waals surface area (Å²) >= 11 is 11.9. The Labute approximate surface area is 106 Å². The lowest BCUT2D eigenvalue weighted by molar-refractivity contribution is 0.107. The van der Waals surface area contributed by atoms with E-state index in [2.05, 4.69) is 5.32 Å². The van der Waals surface area contributed by atoms with E-state index in [-0.39, 0.29) is 0 Å². The van der Waals surface area contributed by atoms with Crippen molar-refractivity contribution in [3.63, 3.8) is 0 Å². The fourth-order valence-corrected chi connectivity index (χ4v) is 2.23. The number of ether oxygens (including phenoxy) is 1. The van der Waals surface area contributed by atoms with Gasteiger partial charge in [0.1, 0.15) is 0 Å². The van der Waals surface area contributed by atoms with Gasteiger partial charge in [-0.25, -0.2) is 0 Å². The Hall–Kier alpha value is -0.440. The summed E-state index contributed by atoms with van der Waals surface area (Å²) in [5, 5.41) is 4.69. The van der Waals surface area contributed by atoms with Gasteiger partial charge in [0.15, 0.2) is 0 Å². The molecule has 16 heavy (non-hydrogen) atoms. The average Bonchev–Trinajstić information content (AvgIpc) is 2.76. The second-order valence-electron chi connectivity index (χ2n) is 3.97. The number of benzene rings is 1. The second-order valence-corrected chi connectivity index (χ2v) is 4.82. The molecule has 0 saturated carbocycles. The minimum absolute atomic E-state index is 0.408. The lowest BCUT2D eigenvalue weighted by Crippen LogP contribution is -2.12. The van der Waals surface area contributed by atoms with Crippen molar-refractivity contribution in [2.75, 3.05) is 18.5 Å². The molecule has 1 heterocycles. The highest BCUT2D eigenvalue weighted by Gasteiger charge is 2.14. The number of anilines is 1. The van der Waals surface area contributed by atoms with Gasteiger partial charge in [0, 0.05) is 18.2 Å². The molecule has 1 aliphatic rings. The molecule has 0 amide bonds. The quantitative estimate of drug-likeness (QED) is 0.884. The van der Waals surface area contributed by atoms with Crippen molar-refractivity contribution in [2.45, 2.75) is 25.4 Å². The lowest BCUT2D eigenvalue weighted by Gasteiger charge is -2.12. The highest BCUT2D eigenvalue weighted by atomic mass is 35.5. The fraction of sp³-hybridized carbons (Fsp3) is 0.500. The third kappa shape index (κ3) is 3.27. The smallest absolute Gasteiger partial charge is 0.0638 e. The van der Waals surface area contributed by atoms with Crippen LogP contribution in [0.2, 0.25) is 10.0 Å². The summed E-state index contributed by atoms with van der Waals surface area (Å²) in [5.41, 5.74) is 0.896. The average molecular weight is 260 g/mol. The molecule has 4 heteroatoms. The van der Waals surface area contributed by atoms with Crippen LogP contribution in [-0.4, -0.2) is 19.3 Å². The first kappa shape index (κ1) is 12.0. The molecule has 1 aromatic rings. The number of hydrogen-bond acceptors (Lipinski definition) is 2. The van der Waals surface area contributed by atoms with Crippen LogP contribution >= 0.6 is 23.2 Å². The summed E-state index contributed by atoms with van der Waals surface area (Å²) in [5.74, 6) is 0. The van der Waals surface area contributed by atoms with Crippen LogP contribution < -0.4 is 5.32 Å². The molecule has 0 spiro atoms. The van der Waals surface area contributed by atoms with Gasteiger partial charge in [-0.3, -0.25) is 0 Å². The van der Waals surface area contributed by atoms with Gasteiger partial charge >= 0.3 is 0 Å². The first-order valence-electron chi connectivity index (χ1n) is 5.56. The molecule has 0 bridgehead atoms. The van der Waals surface area contributed by atoms with E-state index in [1.165, 1.54) is 12.8 Å². The van der Waals surface area contributed by atoms with Gasteiger partial charge in [0.25, 0.3) is 0 Å². The van der Waals surface area contributed by atoms with Crippen LogP contribution in [0.15, 0.2) is 18.2 Å².